The predicted octanol–water partition coefficient (Wildman–Crippen LogP) is 2.93. The molecule has 0 bridgehead atoms. The van der Waals surface area contributed by atoms with E-state index in [2.05, 4.69) is 27.7 Å². The van der Waals surface area contributed by atoms with Crippen LogP contribution in [0.25, 0.3) is 0 Å². The Hall–Kier alpha value is -0.450. The van der Waals surface area contributed by atoms with E-state index in [-0.39, 0.29) is 40.5 Å². The van der Waals surface area contributed by atoms with E-state index in [1.54, 1.807) is 0 Å². The maximum atomic E-state index is 13.2. The zero-order chi connectivity index (χ0) is 19.3. The molecule has 26 heavy (non-hydrogen) atoms. The second-order valence-electron chi connectivity index (χ2n) is 11.1. The molecule has 0 aromatic heterocycles. The Morgan fingerprint density at radius 1 is 0.962 bits per heavy atom. The van der Waals surface area contributed by atoms with E-state index >= 15 is 0 Å². The normalized spacial score (nSPS) is 58.7. The summed E-state index contributed by atoms with van der Waals surface area (Å²) >= 11 is 0. The van der Waals surface area contributed by atoms with Crippen LogP contribution in [0.5, 0.6) is 0 Å². The maximum absolute atomic E-state index is 13.2. The summed E-state index contributed by atoms with van der Waals surface area (Å²) in [6.45, 7) is 10.7. The van der Waals surface area contributed by atoms with Crippen LogP contribution < -0.4 is 0 Å². The second-order valence-corrected chi connectivity index (χ2v) is 11.1. The van der Waals surface area contributed by atoms with Gasteiger partial charge in [0.25, 0.3) is 0 Å². The Balaban J connectivity index is 1.81. The van der Waals surface area contributed by atoms with Gasteiger partial charge in [0.1, 0.15) is 5.60 Å². The molecule has 4 aliphatic carbocycles. The summed E-state index contributed by atoms with van der Waals surface area (Å²) < 4.78 is 0. The van der Waals surface area contributed by atoms with Crippen molar-refractivity contribution >= 4 is 5.78 Å². The molecule has 0 radical (unpaired) electrons. The first-order chi connectivity index (χ1) is 11.9. The Kier molecular flexibility index (Phi) is 3.87. The molecule has 0 spiro atoms. The number of aliphatic hydroxyl groups excluding tert-OH is 2. The topological polar surface area (TPSA) is 77.8 Å². The van der Waals surface area contributed by atoms with Crippen molar-refractivity contribution in [2.75, 3.05) is 0 Å². The highest BCUT2D eigenvalue weighted by molar-refractivity contribution is 5.92. The highest BCUT2D eigenvalue weighted by atomic mass is 16.3. The Labute approximate surface area is 157 Å². The summed E-state index contributed by atoms with van der Waals surface area (Å²) in [7, 11) is 0. The molecule has 0 heterocycles. The van der Waals surface area contributed by atoms with Gasteiger partial charge in [-0.05, 0) is 61.2 Å². The first kappa shape index (κ1) is 18.9. The molecule has 4 aliphatic rings. The average molecular weight is 365 g/mol. The molecule has 0 unspecified atom stereocenters. The van der Waals surface area contributed by atoms with Crippen molar-refractivity contribution in [2.45, 2.75) is 91.0 Å². The minimum absolute atomic E-state index is 0.00790. The van der Waals surface area contributed by atoms with Gasteiger partial charge in [-0.3, -0.25) is 4.79 Å². The average Bonchev–Trinajstić information content (AvgIpc) is 2.80. The number of aliphatic hydroxyl groups is 3. The highest BCUT2D eigenvalue weighted by Gasteiger charge is 2.74. The zero-order valence-corrected chi connectivity index (χ0v) is 17.0. The third-order valence-corrected chi connectivity index (χ3v) is 9.81. The van der Waals surface area contributed by atoms with Crippen LogP contribution in [0.3, 0.4) is 0 Å². The van der Waals surface area contributed by atoms with Crippen molar-refractivity contribution in [2.24, 2.45) is 39.9 Å². The van der Waals surface area contributed by atoms with Crippen molar-refractivity contribution < 1.29 is 20.1 Å². The van der Waals surface area contributed by atoms with Gasteiger partial charge in [-0.1, -0.05) is 34.6 Å². The van der Waals surface area contributed by atoms with Gasteiger partial charge in [-0.15, -0.1) is 0 Å². The minimum atomic E-state index is -1.40. The van der Waals surface area contributed by atoms with E-state index in [1.165, 1.54) is 0 Å². The number of Topliss-reactive ketones (excluding diaryl/α,β-unsaturated/α-hetero) is 1. The first-order valence-corrected chi connectivity index (χ1v) is 10.5. The molecule has 0 saturated heterocycles. The van der Waals surface area contributed by atoms with Crippen LogP contribution in [0.15, 0.2) is 0 Å². The molecule has 0 amide bonds. The Bertz CT molecular complexity index is 630. The van der Waals surface area contributed by atoms with Gasteiger partial charge in [0.05, 0.1) is 12.2 Å². The molecular weight excluding hydrogens is 328 g/mol. The molecule has 4 fully saturated rings. The van der Waals surface area contributed by atoms with Crippen LogP contribution in [0, 0.1) is 39.9 Å². The number of hydrogen-bond donors (Lipinski definition) is 3. The summed E-state index contributed by atoms with van der Waals surface area (Å²) in [4.78, 5) is 13.2. The van der Waals surface area contributed by atoms with Crippen LogP contribution in [-0.4, -0.2) is 38.9 Å². The number of rotatable bonds is 0. The largest absolute Gasteiger partial charge is 0.393 e. The quantitative estimate of drug-likeness (QED) is 0.618. The third kappa shape index (κ3) is 1.94. The summed E-state index contributed by atoms with van der Waals surface area (Å²) in [6, 6.07) is 0. The van der Waals surface area contributed by atoms with Gasteiger partial charge in [-0.2, -0.15) is 0 Å². The van der Waals surface area contributed by atoms with E-state index in [9.17, 15) is 20.1 Å². The van der Waals surface area contributed by atoms with Crippen molar-refractivity contribution in [1.82, 2.24) is 0 Å². The molecule has 3 N–H and O–H groups in total. The van der Waals surface area contributed by atoms with E-state index < -0.39 is 17.1 Å². The number of carbonyl (C=O) groups is 1. The van der Waals surface area contributed by atoms with Crippen LogP contribution in [0.1, 0.15) is 73.1 Å². The number of fused-ring (bicyclic) bond motifs is 5. The van der Waals surface area contributed by atoms with Gasteiger partial charge in [0, 0.05) is 17.3 Å². The first-order valence-electron chi connectivity index (χ1n) is 10.5. The van der Waals surface area contributed by atoms with Crippen LogP contribution in [-0.2, 0) is 4.79 Å². The fraction of sp³-hybridized carbons (Fsp3) is 0.955. The lowest BCUT2D eigenvalue weighted by Crippen LogP contribution is -2.65. The summed E-state index contributed by atoms with van der Waals surface area (Å²) in [6.07, 6.45) is 3.76. The van der Waals surface area contributed by atoms with Crippen molar-refractivity contribution in [3.05, 3.63) is 0 Å². The Morgan fingerprint density at radius 2 is 1.62 bits per heavy atom. The maximum Gasteiger partial charge on any atom is 0.168 e. The number of carbonyl (C=O) groups excluding carboxylic acids is 1. The highest BCUT2D eigenvalue weighted by Crippen LogP contribution is 2.73. The molecule has 4 saturated carbocycles. The number of hydrogen-bond acceptors (Lipinski definition) is 4. The lowest BCUT2D eigenvalue weighted by molar-refractivity contribution is -0.207. The smallest absolute Gasteiger partial charge is 0.168 e. The van der Waals surface area contributed by atoms with E-state index in [0.717, 1.165) is 32.1 Å². The van der Waals surface area contributed by atoms with E-state index in [4.69, 9.17) is 0 Å². The summed E-state index contributed by atoms with van der Waals surface area (Å²) in [5.74, 6) is -0.0802. The minimum Gasteiger partial charge on any atom is -0.393 e. The van der Waals surface area contributed by atoms with E-state index in [0.29, 0.717) is 12.3 Å². The molecule has 0 aromatic rings. The molecule has 4 heteroatoms. The third-order valence-electron chi connectivity index (χ3n) is 9.81. The molecule has 4 rings (SSSR count). The predicted molar refractivity (Wildman–Crippen MR) is 99.3 cm³/mol. The summed E-state index contributed by atoms with van der Waals surface area (Å²) in [5, 5.41) is 33.2. The SMILES string of the molecule is C[C@H]1C[C@@H](O)[C@@H]2C[C@@H]3[C@@]4(C)CC[C@H](O)C(C)(C)[C@@H]4CC[C@]3(C)[C@@]2(O)C1=O. The van der Waals surface area contributed by atoms with Crippen molar-refractivity contribution in [3.63, 3.8) is 0 Å². The molecule has 9 atom stereocenters. The van der Waals surface area contributed by atoms with Crippen LogP contribution in [0.2, 0.25) is 0 Å². The molecular formula is C22H36O4. The van der Waals surface area contributed by atoms with Gasteiger partial charge in [0.2, 0.25) is 0 Å². The molecule has 4 nitrogen and oxygen atoms in total. The van der Waals surface area contributed by atoms with Gasteiger partial charge >= 0.3 is 0 Å². The van der Waals surface area contributed by atoms with Crippen molar-refractivity contribution in [1.29, 1.82) is 0 Å². The fourth-order valence-corrected chi connectivity index (χ4v) is 8.28. The molecule has 0 aliphatic heterocycles. The van der Waals surface area contributed by atoms with Gasteiger partial charge < -0.3 is 15.3 Å². The van der Waals surface area contributed by atoms with Crippen LogP contribution >= 0.6 is 0 Å². The van der Waals surface area contributed by atoms with E-state index in [1.807, 2.05) is 6.92 Å². The van der Waals surface area contributed by atoms with Crippen LogP contribution in [0.4, 0.5) is 0 Å². The standard InChI is InChI=1S/C22H36O4/c1-12-10-14(23)13-11-16-20(4)8-7-17(24)19(2,3)15(20)6-9-21(16,5)22(13,26)18(12)25/h12-17,23-24,26H,6-11H2,1-5H3/t12-,13-,14+,15-,16+,17-,20-,21-,22-/m0/s1. The molecule has 0 aromatic carbocycles. The fourth-order valence-electron chi connectivity index (χ4n) is 8.28. The lowest BCUT2D eigenvalue weighted by Gasteiger charge is -2.63. The van der Waals surface area contributed by atoms with Gasteiger partial charge in [0.15, 0.2) is 5.78 Å². The van der Waals surface area contributed by atoms with Crippen molar-refractivity contribution in [3.8, 4) is 0 Å². The van der Waals surface area contributed by atoms with Gasteiger partial charge in [-0.25, -0.2) is 0 Å². The Morgan fingerprint density at radius 3 is 2.27 bits per heavy atom. The zero-order valence-electron chi connectivity index (χ0n) is 17.0. The lowest BCUT2D eigenvalue weighted by atomic mass is 9.42. The second kappa shape index (κ2) is 5.33. The number of ketones is 1. The monoisotopic (exact) mass is 364 g/mol. The molecule has 148 valence electrons. The summed E-state index contributed by atoms with van der Waals surface area (Å²) in [5.41, 5.74) is -2.04.